The van der Waals surface area contributed by atoms with E-state index < -0.39 is 0 Å². The van der Waals surface area contributed by atoms with Gasteiger partial charge in [0.2, 0.25) is 11.8 Å². The third-order valence-corrected chi connectivity index (χ3v) is 3.79. The summed E-state index contributed by atoms with van der Waals surface area (Å²) in [6, 6.07) is 7.57. The molecule has 0 saturated carbocycles. The SMILES string of the molecule is CCCCN(C)C(=O)CNC(=O)Cc1ccccc1Br. The van der Waals surface area contributed by atoms with Crippen LogP contribution in [-0.2, 0) is 16.0 Å². The van der Waals surface area contributed by atoms with Crippen LogP contribution in [0.15, 0.2) is 28.7 Å². The first-order valence-electron chi connectivity index (χ1n) is 6.78. The predicted molar refractivity (Wildman–Crippen MR) is 83.4 cm³/mol. The van der Waals surface area contributed by atoms with E-state index in [1.165, 1.54) is 0 Å². The fraction of sp³-hybridized carbons (Fsp3) is 0.467. The number of likely N-dealkylation sites (N-methyl/N-ethyl adjacent to an activating group) is 1. The summed E-state index contributed by atoms with van der Waals surface area (Å²) in [4.78, 5) is 25.2. The minimum atomic E-state index is -0.144. The molecule has 2 amide bonds. The fourth-order valence-corrected chi connectivity index (χ4v) is 2.13. The largest absolute Gasteiger partial charge is 0.347 e. The van der Waals surface area contributed by atoms with Crippen molar-refractivity contribution in [2.75, 3.05) is 20.1 Å². The fourth-order valence-electron chi connectivity index (χ4n) is 1.71. The van der Waals surface area contributed by atoms with Crippen LogP contribution in [0.25, 0.3) is 0 Å². The van der Waals surface area contributed by atoms with Gasteiger partial charge in [0.15, 0.2) is 0 Å². The molecule has 0 aliphatic heterocycles. The minimum Gasteiger partial charge on any atom is -0.347 e. The maximum Gasteiger partial charge on any atom is 0.241 e. The molecule has 0 atom stereocenters. The number of nitrogens with one attached hydrogen (secondary N) is 1. The van der Waals surface area contributed by atoms with Crippen molar-refractivity contribution < 1.29 is 9.59 Å². The summed E-state index contributed by atoms with van der Waals surface area (Å²) in [5.41, 5.74) is 0.914. The van der Waals surface area contributed by atoms with Crippen molar-refractivity contribution >= 4 is 27.7 Å². The molecule has 0 unspecified atom stereocenters. The number of amides is 2. The van der Waals surface area contributed by atoms with Crippen LogP contribution in [0.4, 0.5) is 0 Å². The zero-order valence-electron chi connectivity index (χ0n) is 12.0. The average molecular weight is 341 g/mol. The Balaban J connectivity index is 2.36. The zero-order chi connectivity index (χ0) is 15.0. The number of unbranched alkanes of at least 4 members (excludes halogenated alkanes) is 1. The van der Waals surface area contributed by atoms with Crippen molar-refractivity contribution in [1.29, 1.82) is 0 Å². The molecule has 0 bridgehead atoms. The van der Waals surface area contributed by atoms with Gasteiger partial charge in [-0.05, 0) is 18.1 Å². The van der Waals surface area contributed by atoms with Gasteiger partial charge in [-0.1, -0.05) is 47.5 Å². The first kappa shape index (κ1) is 16.7. The molecule has 0 saturated heterocycles. The van der Waals surface area contributed by atoms with Gasteiger partial charge in [0.05, 0.1) is 13.0 Å². The van der Waals surface area contributed by atoms with Crippen LogP contribution in [0.2, 0.25) is 0 Å². The number of halogens is 1. The summed E-state index contributed by atoms with van der Waals surface area (Å²) >= 11 is 3.40. The van der Waals surface area contributed by atoms with Crippen LogP contribution in [0.3, 0.4) is 0 Å². The van der Waals surface area contributed by atoms with Gasteiger partial charge in [-0.3, -0.25) is 9.59 Å². The molecule has 4 nitrogen and oxygen atoms in total. The number of carbonyl (C=O) groups is 2. The molecule has 1 aromatic carbocycles. The molecule has 0 aliphatic carbocycles. The summed E-state index contributed by atoms with van der Waals surface area (Å²) < 4.78 is 0.904. The second-order valence-electron chi connectivity index (χ2n) is 4.71. The second-order valence-corrected chi connectivity index (χ2v) is 5.57. The third kappa shape index (κ3) is 5.74. The molecular weight excluding hydrogens is 320 g/mol. The number of benzene rings is 1. The number of rotatable bonds is 7. The quantitative estimate of drug-likeness (QED) is 0.828. The highest BCUT2D eigenvalue weighted by Gasteiger charge is 2.11. The van der Waals surface area contributed by atoms with Gasteiger partial charge in [0.25, 0.3) is 0 Å². The van der Waals surface area contributed by atoms with E-state index in [9.17, 15) is 9.59 Å². The maximum absolute atomic E-state index is 11.8. The van der Waals surface area contributed by atoms with E-state index in [1.807, 2.05) is 24.3 Å². The molecule has 1 rings (SSSR count). The third-order valence-electron chi connectivity index (χ3n) is 3.02. The molecule has 110 valence electrons. The van der Waals surface area contributed by atoms with E-state index >= 15 is 0 Å². The molecule has 1 N–H and O–H groups in total. The van der Waals surface area contributed by atoms with E-state index in [4.69, 9.17) is 0 Å². The average Bonchev–Trinajstić information content (AvgIpc) is 2.44. The predicted octanol–water partition coefficient (Wildman–Crippen LogP) is 2.37. The lowest BCUT2D eigenvalue weighted by Crippen LogP contribution is -2.39. The molecule has 0 fully saturated rings. The Morgan fingerprint density at radius 3 is 2.65 bits per heavy atom. The molecular formula is C15H21BrN2O2. The van der Waals surface area contributed by atoms with E-state index in [0.717, 1.165) is 29.4 Å². The van der Waals surface area contributed by atoms with Crippen molar-refractivity contribution in [3.05, 3.63) is 34.3 Å². The van der Waals surface area contributed by atoms with E-state index in [-0.39, 0.29) is 24.8 Å². The Morgan fingerprint density at radius 1 is 1.30 bits per heavy atom. The van der Waals surface area contributed by atoms with Crippen molar-refractivity contribution in [2.24, 2.45) is 0 Å². The molecule has 0 aliphatic rings. The van der Waals surface area contributed by atoms with Crippen LogP contribution >= 0.6 is 15.9 Å². The van der Waals surface area contributed by atoms with Crippen LogP contribution in [0.5, 0.6) is 0 Å². The van der Waals surface area contributed by atoms with Gasteiger partial charge in [-0.2, -0.15) is 0 Å². The van der Waals surface area contributed by atoms with Gasteiger partial charge < -0.3 is 10.2 Å². The Bertz CT molecular complexity index is 463. The van der Waals surface area contributed by atoms with Gasteiger partial charge in [-0.15, -0.1) is 0 Å². The molecule has 0 heterocycles. The van der Waals surface area contributed by atoms with Crippen molar-refractivity contribution in [1.82, 2.24) is 10.2 Å². The van der Waals surface area contributed by atoms with E-state index in [1.54, 1.807) is 11.9 Å². The summed E-state index contributed by atoms with van der Waals surface area (Å²) in [5.74, 6) is -0.201. The molecule has 0 aromatic heterocycles. The lowest BCUT2D eigenvalue weighted by Gasteiger charge is -2.17. The molecule has 20 heavy (non-hydrogen) atoms. The summed E-state index contributed by atoms with van der Waals surface area (Å²) in [5, 5.41) is 2.66. The molecule has 0 radical (unpaired) electrons. The van der Waals surface area contributed by atoms with Crippen molar-refractivity contribution in [2.45, 2.75) is 26.2 Å². The minimum absolute atomic E-state index is 0.0565. The lowest BCUT2D eigenvalue weighted by molar-refractivity contribution is -0.131. The summed E-state index contributed by atoms with van der Waals surface area (Å²) in [6.07, 6.45) is 2.30. The highest BCUT2D eigenvalue weighted by molar-refractivity contribution is 9.10. The first-order valence-corrected chi connectivity index (χ1v) is 7.58. The Kier molecular flexibility index (Phi) is 7.30. The monoisotopic (exact) mass is 340 g/mol. The molecule has 1 aromatic rings. The Hall–Kier alpha value is -1.36. The van der Waals surface area contributed by atoms with Crippen LogP contribution in [-0.4, -0.2) is 36.9 Å². The molecule has 0 spiro atoms. The standard InChI is InChI=1S/C15H21BrN2O2/c1-3-4-9-18(2)15(20)11-17-14(19)10-12-7-5-6-8-13(12)16/h5-8H,3-4,9-11H2,1-2H3,(H,17,19). The molecule has 5 heteroatoms. The van der Waals surface area contributed by atoms with E-state index in [0.29, 0.717) is 0 Å². The number of hydrogen-bond donors (Lipinski definition) is 1. The zero-order valence-corrected chi connectivity index (χ0v) is 13.6. The van der Waals surface area contributed by atoms with E-state index in [2.05, 4.69) is 28.2 Å². The Labute approximate surface area is 128 Å². The maximum atomic E-state index is 11.8. The first-order chi connectivity index (χ1) is 9.54. The van der Waals surface area contributed by atoms with Crippen LogP contribution < -0.4 is 5.32 Å². The van der Waals surface area contributed by atoms with Gasteiger partial charge in [0.1, 0.15) is 0 Å². The summed E-state index contributed by atoms with van der Waals surface area (Å²) in [6.45, 7) is 2.87. The topological polar surface area (TPSA) is 49.4 Å². The lowest BCUT2D eigenvalue weighted by atomic mass is 10.1. The number of carbonyl (C=O) groups excluding carboxylic acids is 2. The number of hydrogen-bond acceptors (Lipinski definition) is 2. The normalized spacial score (nSPS) is 10.2. The van der Waals surface area contributed by atoms with Crippen molar-refractivity contribution in [3.8, 4) is 0 Å². The van der Waals surface area contributed by atoms with Crippen LogP contribution in [0.1, 0.15) is 25.3 Å². The highest BCUT2D eigenvalue weighted by Crippen LogP contribution is 2.15. The van der Waals surface area contributed by atoms with Gasteiger partial charge >= 0.3 is 0 Å². The smallest absolute Gasteiger partial charge is 0.241 e. The Morgan fingerprint density at radius 2 is 2.00 bits per heavy atom. The highest BCUT2D eigenvalue weighted by atomic mass is 79.9. The summed E-state index contributed by atoms with van der Waals surface area (Å²) in [7, 11) is 1.76. The van der Waals surface area contributed by atoms with Crippen molar-refractivity contribution in [3.63, 3.8) is 0 Å². The number of nitrogens with zero attached hydrogens (tertiary/aromatic N) is 1. The van der Waals surface area contributed by atoms with Gasteiger partial charge in [0, 0.05) is 18.1 Å². The van der Waals surface area contributed by atoms with Gasteiger partial charge in [-0.25, -0.2) is 0 Å². The van der Waals surface area contributed by atoms with Crippen LogP contribution in [0, 0.1) is 0 Å². The second kappa shape index (κ2) is 8.74.